The summed E-state index contributed by atoms with van der Waals surface area (Å²) in [6, 6.07) is 3.20. The molecule has 1 aromatic carbocycles. The summed E-state index contributed by atoms with van der Waals surface area (Å²) in [5.74, 6) is 0. The number of rotatable bonds is 2. The highest BCUT2D eigenvalue weighted by atomic mass is 79.9. The summed E-state index contributed by atoms with van der Waals surface area (Å²) in [4.78, 5) is 10.3. The first-order valence-corrected chi connectivity index (χ1v) is 5.74. The molecule has 0 aliphatic carbocycles. The number of nitrogens with zero attached hydrogens (tertiary/aromatic N) is 1. The van der Waals surface area contributed by atoms with Gasteiger partial charge in [0.05, 0.1) is 11.0 Å². The van der Waals surface area contributed by atoms with Crippen molar-refractivity contribution >= 4 is 27.3 Å². The van der Waals surface area contributed by atoms with Gasteiger partial charge in [-0.05, 0) is 18.9 Å². The highest BCUT2D eigenvalue weighted by Gasteiger charge is 2.25. The molecule has 0 aromatic heterocycles. The summed E-state index contributed by atoms with van der Waals surface area (Å²) in [5, 5.41) is 10.8. The van der Waals surface area contributed by atoms with Gasteiger partial charge in [-0.3, -0.25) is 10.1 Å². The first-order chi connectivity index (χ1) is 7.59. The van der Waals surface area contributed by atoms with Gasteiger partial charge in [0.1, 0.15) is 5.69 Å². The van der Waals surface area contributed by atoms with Crippen molar-refractivity contribution in [2.24, 2.45) is 0 Å². The van der Waals surface area contributed by atoms with Crippen molar-refractivity contribution in [2.75, 3.05) is 12.3 Å². The van der Waals surface area contributed by atoms with Crippen LogP contribution in [-0.2, 0) is 4.74 Å². The van der Waals surface area contributed by atoms with Gasteiger partial charge in [0.2, 0.25) is 0 Å². The van der Waals surface area contributed by atoms with Crippen LogP contribution in [0.1, 0.15) is 24.5 Å². The molecule has 1 aliphatic heterocycles. The van der Waals surface area contributed by atoms with E-state index in [1.807, 2.05) is 0 Å². The molecule has 0 radical (unpaired) electrons. The van der Waals surface area contributed by atoms with Gasteiger partial charge in [-0.1, -0.05) is 15.9 Å². The molecule has 1 fully saturated rings. The van der Waals surface area contributed by atoms with Crippen molar-refractivity contribution in [3.8, 4) is 0 Å². The number of benzene rings is 1. The molecule has 5 nitrogen and oxygen atoms in total. The van der Waals surface area contributed by atoms with Crippen LogP contribution in [0.4, 0.5) is 11.4 Å². The van der Waals surface area contributed by atoms with Gasteiger partial charge in [0.25, 0.3) is 5.69 Å². The Bertz CT molecular complexity index is 430. The van der Waals surface area contributed by atoms with Gasteiger partial charge < -0.3 is 10.5 Å². The second-order valence-corrected chi connectivity index (χ2v) is 4.60. The smallest absolute Gasteiger partial charge is 0.293 e. The maximum atomic E-state index is 10.8. The minimum absolute atomic E-state index is 0.0696. The molecule has 0 unspecified atom stereocenters. The fourth-order valence-corrected chi connectivity index (χ4v) is 2.33. The standard InChI is InChI=1S/C10H11BrN2O3/c11-6-4-7(9-2-1-3-16-9)10(12)8(5-6)13(14)15/h4-5,9H,1-3,12H2/t9-/m0/s1. The second kappa shape index (κ2) is 4.39. The zero-order valence-corrected chi connectivity index (χ0v) is 10.1. The first-order valence-electron chi connectivity index (χ1n) is 4.94. The first kappa shape index (κ1) is 11.3. The second-order valence-electron chi connectivity index (χ2n) is 3.69. The predicted octanol–water partition coefficient (Wildman–Crippen LogP) is 2.79. The fraction of sp³-hybridized carbons (Fsp3) is 0.400. The van der Waals surface area contributed by atoms with Crippen molar-refractivity contribution in [1.82, 2.24) is 0 Å². The third kappa shape index (κ3) is 2.03. The minimum atomic E-state index is -0.474. The van der Waals surface area contributed by atoms with Gasteiger partial charge in [-0.2, -0.15) is 0 Å². The van der Waals surface area contributed by atoms with Crippen LogP contribution in [0.3, 0.4) is 0 Å². The molecular weight excluding hydrogens is 276 g/mol. The summed E-state index contributed by atoms with van der Waals surface area (Å²) in [5.41, 5.74) is 6.64. The molecule has 1 saturated heterocycles. The third-order valence-corrected chi connectivity index (χ3v) is 3.09. The van der Waals surface area contributed by atoms with Gasteiger partial charge >= 0.3 is 0 Å². The van der Waals surface area contributed by atoms with E-state index in [1.54, 1.807) is 6.07 Å². The van der Waals surface area contributed by atoms with E-state index in [2.05, 4.69) is 15.9 Å². The summed E-state index contributed by atoms with van der Waals surface area (Å²) < 4.78 is 6.14. The number of anilines is 1. The largest absolute Gasteiger partial charge is 0.393 e. The summed E-state index contributed by atoms with van der Waals surface area (Å²) in [7, 11) is 0. The molecule has 1 aromatic rings. The number of nitrogen functional groups attached to an aromatic ring is 1. The Morgan fingerprint density at radius 1 is 1.56 bits per heavy atom. The molecule has 86 valence electrons. The van der Waals surface area contributed by atoms with E-state index >= 15 is 0 Å². The van der Waals surface area contributed by atoms with E-state index < -0.39 is 4.92 Å². The molecule has 2 N–H and O–H groups in total. The number of nitrogens with two attached hydrogens (primary N) is 1. The maximum absolute atomic E-state index is 10.8. The third-order valence-electron chi connectivity index (χ3n) is 2.63. The van der Waals surface area contributed by atoms with Gasteiger partial charge in [0.15, 0.2) is 0 Å². The summed E-state index contributed by atoms with van der Waals surface area (Å²) in [6.07, 6.45) is 1.71. The van der Waals surface area contributed by atoms with Crippen molar-refractivity contribution in [3.05, 3.63) is 32.3 Å². The van der Waals surface area contributed by atoms with Crippen molar-refractivity contribution in [3.63, 3.8) is 0 Å². The summed E-state index contributed by atoms with van der Waals surface area (Å²) >= 11 is 3.25. The highest BCUT2D eigenvalue weighted by molar-refractivity contribution is 9.10. The predicted molar refractivity (Wildman–Crippen MR) is 63.1 cm³/mol. The zero-order chi connectivity index (χ0) is 11.7. The average molecular weight is 287 g/mol. The lowest BCUT2D eigenvalue weighted by Gasteiger charge is -2.13. The fourth-order valence-electron chi connectivity index (χ4n) is 1.86. The van der Waals surface area contributed by atoms with Crippen LogP contribution in [-0.4, -0.2) is 11.5 Å². The monoisotopic (exact) mass is 286 g/mol. The molecule has 1 atom stereocenters. The Hall–Kier alpha value is -1.14. The van der Waals surface area contributed by atoms with Gasteiger partial charge in [0, 0.05) is 22.7 Å². The molecule has 0 spiro atoms. The van der Waals surface area contributed by atoms with Crippen LogP contribution >= 0.6 is 15.9 Å². The molecule has 16 heavy (non-hydrogen) atoms. The average Bonchev–Trinajstić information content (AvgIpc) is 2.73. The molecule has 0 amide bonds. The molecular formula is C10H11BrN2O3. The van der Waals surface area contributed by atoms with Crippen LogP contribution in [0, 0.1) is 10.1 Å². The Morgan fingerprint density at radius 2 is 2.31 bits per heavy atom. The number of ether oxygens (including phenoxy) is 1. The summed E-state index contributed by atoms with van der Waals surface area (Å²) in [6.45, 7) is 0.685. The highest BCUT2D eigenvalue weighted by Crippen LogP contribution is 2.38. The Balaban J connectivity index is 2.47. The van der Waals surface area contributed by atoms with E-state index in [9.17, 15) is 10.1 Å². The number of halogens is 1. The van der Waals surface area contributed by atoms with E-state index in [4.69, 9.17) is 10.5 Å². The molecule has 0 bridgehead atoms. The minimum Gasteiger partial charge on any atom is -0.393 e. The van der Waals surface area contributed by atoms with Crippen molar-refractivity contribution < 1.29 is 9.66 Å². The molecule has 1 aliphatic rings. The molecule has 6 heteroatoms. The van der Waals surface area contributed by atoms with Crippen LogP contribution in [0.15, 0.2) is 16.6 Å². The number of hydrogen-bond acceptors (Lipinski definition) is 4. The lowest BCUT2D eigenvalue weighted by atomic mass is 10.0. The number of hydrogen-bond donors (Lipinski definition) is 1. The molecule has 2 rings (SSSR count). The maximum Gasteiger partial charge on any atom is 0.293 e. The molecule has 1 heterocycles. The van der Waals surface area contributed by atoms with Crippen molar-refractivity contribution in [2.45, 2.75) is 18.9 Å². The SMILES string of the molecule is Nc1c([C@@H]2CCCO2)cc(Br)cc1[N+](=O)[O-]. The van der Waals surface area contributed by atoms with Crippen LogP contribution in [0.2, 0.25) is 0 Å². The molecule has 0 saturated carbocycles. The van der Waals surface area contributed by atoms with Crippen LogP contribution in [0.25, 0.3) is 0 Å². The number of nitro groups is 1. The van der Waals surface area contributed by atoms with E-state index in [-0.39, 0.29) is 17.5 Å². The lowest BCUT2D eigenvalue weighted by molar-refractivity contribution is -0.384. The Kier molecular flexibility index (Phi) is 3.11. The van der Waals surface area contributed by atoms with Gasteiger partial charge in [-0.15, -0.1) is 0 Å². The van der Waals surface area contributed by atoms with Crippen LogP contribution in [0.5, 0.6) is 0 Å². The van der Waals surface area contributed by atoms with Gasteiger partial charge in [-0.25, -0.2) is 0 Å². The zero-order valence-electron chi connectivity index (χ0n) is 8.48. The topological polar surface area (TPSA) is 78.4 Å². The Morgan fingerprint density at radius 3 is 2.88 bits per heavy atom. The number of nitro benzene ring substituents is 1. The van der Waals surface area contributed by atoms with E-state index in [1.165, 1.54) is 6.07 Å². The van der Waals surface area contributed by atoms with Crippen LogP contribution < -0.4 is 5.73 Å². The van der Waals surface area contributed by atoms with Crippen molar-refractivity contribution in [1.29, 1.82) is 0 Å². The quantitative estimate of drug-likeness (QED) is 0.515. The van der Waals surface area contributed by atoms with E-state index in [0.717, 1.165) is 12.8 Å². The normalized spacial score (nSPS) is 19.9. The lowest BCUT2D eigenvalue weighted by Crippen LogP contribution is -2.04. The van der Waals surface area contributed by atoms with E-state index in [0.29, 0.717) is 16.6 Å². The Labute approximate surface area is 101 Å².